The highest BCUT2D eigenvalue weighted by Gasteiger charge is 2.19. The molecule has 1 saturated heterocycles. The molecule has 3 aromatic rings. The lowest BCUT2D eigenvalue weighted by molar-refractivity contribution is -0.134. The van der Waals surface area contributed by atoms with Crippen molar-refractivity contribution in [3.05, 3.63) is 65.6 Å². The predicted molar refractivity (Wildman–Crippen MR) is 117 cm³/mol. The summed E-state index contributed by atoms with van der Waals surface area (Å²) in [5.41, 5.74) is 4.08. The fraction of sp³-hybridized carbons (Fsp3) is 0.304. The van der Waals surface area contributed by atoms with Crippen molar-refractivity contribution in [1.29, 1.82) is 0 Å². The van der Waals surface area contributed by atoms with E-state index in [2.05, 4.69) is 20.8 Å². The number of carbonyl (C=O) groups is 2. The van der Waals surface area contributed by atoms with Gasteiger partial charge in [0.25, 0.3) is 11.9 Å². The van der Waals surface area contributed by atoms with Crippen molar-refractivity contribution in [2.45, 2.75) is 26.7 Å². The summed E-state index contributed by atoms with van der Waals surface area (Å²) >= 11 is 0. The molecular weight excluding hydrogens is 396 g/mol. The molecule has 162 valence electrons. The van der Waals surface area contributed by atoms with Crippen molar-refractivity contribution < 1.29 is 19.2 Å². The van der Waals surface area contributed by atoms with Crippen molar-refractivity contribution in [2.75, 3.05) is 18.4 Å². The Labute approximate surface area is 180 Å². The SMILES string of the molecule is CC(=O)O.Cc1noc(NC(=O)c2cncc(CC3CCNC3)c2)c1-c1ccccc1. The third-order valence-electron chi connectivity index (χ3n) is 4.90. The molecule has 8 nitrogen and oxygen atoms in total. The number of hydrogen-bond acceptors (Lipinski definition) is 6. The molecule has 1 fully saturated rings. The highest BCUT2D eigenvalue weighted by molar-refractivity contribution is 6.05. The fourth-order valence-corrected chi connectivity index (χ4v) is 3.52. The van der Waals surface area contributed by atoms with Crippen LogP contribution in [0.4, 0.5) is 5.88 Å². The van der Waals surface area contributed by atoms with Crippen molar-refractivity contribution in [2.24, 2.45) is 5.92 Å². The Balaban J connectivity index is 0.000000628. The minimum atomic E-state index is -0.833. The van der Waals surface area contributed by atoms with Crippen LogP contribution in [0.5, 0.6) is 0 Å². The molecule has 3 heterocycles. The van der Waals surface area contributed by atoms with E-state index in [-0.39, 0.29) is 5.91 Å². The maximum atomic E-state index is 12.7. The van der Waals surface area contributed by atoms with Crippen LogP contribution in [0.15, 0.2) is 53.3 Å². The number of aliphatic carboxylic acids is 1. The number of amides is 1. The van der Waals surface area contributed by atoms with Gasteiger partial charge >= 0.3 is 0 Å². The number of benzene rings is 1. The van der Waals surface area contributed by atoms with E-state index in [0.29, 0.717) is 17.4 Å². The van der Waals surface area contributed by atoms with Crippen LogP contribution in [0.25, 0.3) is 11.1 Å². The maximum Gasteiger partial charge on any atom is 0.300 e. The molecule has 8 heteroatoms. The molecule has 1 atom stereocenters. The zero-order chi connectivity index (χ0) is 22.2. The number of hydrogen-bond donors (Lipinski definition) is 3. The first-order chi connectivity index (χ1) is 14.9. The summed E-state index contributed by atoms with van der Waals surface area (Å²) in [7, 11) is 0. The van der Waals surface area contributed by atoms with Gasteiger partial charge in [-0.05, 0) is 56.0 Å². The molecule has 1 aliphatic rings. The van der Waals surface area contributed by atoms with Gasteiger partial charge in [0.1, 0.15) is 0 Å². The van der Waals surface area contributed by atoms with Gasteiger partial charge in [0.2, 0.25) is 5.88 Å². The van der Waals surface area contributed by atoms with E-state index in [1.165, 1.54) is 0 Å². The molecule has 3 N–H and O–H groups in total. The number of carbonyl (C=O) groups excluding carboxylic acids is 1. The van der Waals surface area contributed by atoms with Crippen molar-refractivity contribution in [3.8, 4) is 11.1 Å². The van der Waals surface area contributed by atoms with Crippen LogP contribution < -0.4 is 10.6 Å². The maximum absolute atomic E-state index is 12.7. The van der Waals surface area contributed by atoms with Gasteiger partial charge in [0, 0.05) is 19.3 Å². The van der Waals surface area contributed by atoms with Gasteiger partial charge < -0.3 is 14.9 Å². The molecular formula is C23H26N4O4. The molecule has 1 amide bonds. The van der Waals surface area contributed by atoms with E-state index in [9.17, 15) is 4.79 Å². The minimum Gasteiger partial charge on any atom is -0.481 e. The molecule has 0 spiro atoms. The van der Waals surface area contributed by atoms with Gasteiger partial charge in [-0.3, -0.25) is 19.9 Å². The van der Waals surface area contributed by atoms with Gasteiger partial charge in [-0.15, -0.1) is 0 Å². The molecule has 2 aromatic heterocycles. The van der Waals surface area contributed by atoms with Crippen LogP contribution in [-0.4, -0.2) is 40.2 Å². The van der Waals surface area contributed by atoms with Gasteiger partial charge in [0.15, 0.2) is 0 Å². The Morgan fingerprint density at radius 1 is 1.26 bits per heavy atom. The first-order valence-electron chi connectivity index (χ1n) is 10.1. The number of nitrogens with zero attached hydrogens (tertiary/aromatic N) is 2. The van der Waals surface area contributed by atoms with Crippen molar-refractivity contribution in [3.63, 3.8) is 0 Å². The number of anilines is 1. The quantitative estimate of drug-likeness (QED) is 0.576. The summed E-state index contributed by atoms with van der Waals surface area (Å²) < 4.78 is 5.37. The van der Waals surface area contributed by atoms with E-state index in [1.807, 2.05) is 49.5 Å². The second kappa shape index (κ2) is 10.5. The molecule has 4 rings (SSSR count). The van der Waals surface area contributed by atoms with E-state index >= 15 is 0 Å². The smallest absolute Gasteiger partial charge is 0.300 e. The van der Waals surface area contributed by atoms with E-state index in [4.69, 9.17) is 14.4 Å². The van der Waals surface area contributed by atoms with Crippen LogP contribution in [0, 0.1) is 12.8 Å². The van der Waals surface area contributed by atoms with Crippen LogP contribution in [0.1, 0.15) is 35.0 Å². The zero-order valence-electron chi connectivity index (χ0n) is 17.6. The summed E-state index contributed by atoms with van der Waals surface area (Å²) in [6.45, 7) is 5.03. The normalized spacial score (nSPS) is 15.1. The highest BCUT2D eigenvalue weighted by atomic mass is 16.5. The average molecular weight is 422 g/mol. The number of aryl methyl sites for hydroxylation is 1. The number of rotatable bonds is 5. The highest BCUT2D eigenvalue weighted by Crippen LogP contribution is 2.31. The first kappa shape index (κ1) is 22.2. The molecule has 1 aromatic carbocycles. The Morgan fingerprint density at radius 2 is 2.00 bits per heavy atom. The van der Waals surface area contributed by atoms with E-state index in [1.54, 1.807) is 6.20 Å². The number of pyridine rings is 1. The molecule has 0 radical (unpaired) electrons. The number of carboxylic acids is 1. The summed E-state index contributed by atoms with van der Waals surface area (Å²) in [5.74, 6) is -0.122. The van der Waals surface area contributed by atoms with Crippen molar-refractivity contribution >= 4 is 17.8 Å². The average Bonchev–Trinajstić information content (AvgIpc) is 3.38. The van der Waals surface area contributed by atoms with E-state index < -0.39 is 5.97 Å². The second-order valence-corrected chi connectivity index (χ2v) is 7.46. The molecule has 0 saturated carbocycles. The fourth-order valence-electron chi connectivity index (χ4n) is 3.52. The Morgan fingerprint density at radius 3 is 2.68 bits per heavy atom. The lowest BCUT2D eigenvalue weighted by Crippen LogP contribution is -2.14. The molecule has 1 unspecified atom stereocenters. The second-order valence-electron chi connectivity index (χ2n) is 7.46. The van der Waals surface area contributed by atoms with Crippen LogP contribution in [0.2, 0.25) is 0 Å². The lowest BCUT2D eigenvalue weighted by atomic mass is 9.99. The summed E-state index contributed by atoms with van der Waals surface area (Å²) in [5, 5.41) is 17.6. The monoisotopic (exact) mass is 422 g/mol. The van der Waals surface area contributed by atoms with Gasteiger partial charge in [0.05, 0.1) is 16.8 Å². The third-order valence-corrected chi connectivity index (χ3v) is 4.90. The van der Waals surface area contributed by atoms with Crippen molar-refractivity contribution in [1.82, 2.24) is 15.5 Å². The first-order valence-corrected chi connectivity index (χ1v) is 10.1. The van der Waals surface area contributed by atoms with Gasteiger partial charge in [-0.1, -0.05) is 35.5 Å². The minimum absolute atomic E-state index is 0.248. The van der Waals surface area contributed by atoms with Gasteiger partial charge in [-0.25, -0.2) is 0 Å². The summed E-state index contributed by atoms with van der Waals surface area (Å²) in [6.07, 6.45) is 5.51. The van der Waals surface area contributed by atoms with Gasteiger partial charge in [-0.2, -0.15) is 0 Å². The predicted octanol–water partition coefficient (Wildman–Crippen LogP) is 3.54. The number of nitrogens with one attached hydrogen (secondary N) is 2. The Hall–Kier alpha value is -3.52. The van der Waals surface area contributed by atoms with Crippen LogP contribution in [0.3, 0.4) is 0 Å². The molecule has 0 bridgehead atoms. The topological polar surface area (TPSA) is 117 Å². The number of aromatic nitrogens is 2. The molecule has 0 aliphatic carbocycles. The standard InChI is InChI=1S/C21H22N4O2.C2H4O2/c1-14-19(17-5-3-2-4-6-17)21(27-25-14)24-20(26)18-10-16(12-23-13-18)9-15-7-8-22-11-15;1-2(3)4/h2-6,10,12-13,15,22H,7-9,11H2,1H3,(H,24,26);1H3,(H,3,4). The van der Waals surface area contributed by atoms with Crippen LogP contribution in [-0.2, 0) is 11.2 Å². The molecule has 31 heavy (non-hydrogen) atoms. The zero-order valence-corrected chi connectivity index (χ0v) is 17.6. The van der Waals surface area contributed by atoms with E-state index in [0.717, 1.165) is 55.2 Å². The summed E-state index contributed by atoms with van der Waals surface area (Å²) in [6, 6.07) is 11.7. The van der Waals surface area contributed by atoms with Crippen LogP contribution >= 0.6 is 0 Å². The largest absolute Gasteiger partial charge is 0.481 e. The molecule has 1 aliphatic heterocycles. The summed E-state index contributed by atoms with van der Waals surface area (Å²) in [4.78, 5) is 26.0. The Bertz CT molecular complexity index is 1020. The number of carboxylic acid groups (broad SMARTS) is 1. The lowest BCUT2D eigenvalue weighted by Gasteiger charge is -2.09. The third kappa shape index (κ3) is 6.23. The Kier molecular flexibility index (Phi) is 7.50.